The molecular weight excluding hydrogens is 325 g/mol. The Bertz CT molecular complexity index is 538. The van der Waals surface area contributed by atoms with Gasteiger partial charge in [-0.05, 0) is 30.7 Å². The third-order valence-electron chi connectivity index (χ3n) is 2.77. The fourth-order valence-corrected chi connectivity index (χ4v) is 3.22. The normalized spacial score (nSPS) is 15.1. The van der Waals surface area contributed by atoms with Crippen molar-refractivity contribution in [3.8, 4) is 0 Å². The molecule has 0 aromatic heterocycles. The summed E-state index contributed by atoms with van der Waals surface area (Å²) in [6, 6.07) is 4.60. The minimum Gasteiger partial charge on any atom is -0.393 e. The van der Waals surface area contributed by atoms with Gasteiger partial charge in [0.25, 0.3) is 0 Å². The molecule has 114 valence electrons. The van der Waals surface area contributed by atoms with Crippen LogP contribution in [0.3, 0.4) is 0 Å². The zero-order valence-electron chi connectivity index (χ0n) is 11.2. The molecular formula is C12H17Cl2NO4S. The van der Waals surface area contributed by atoms with Gasteiger partial charge in [0, 0.05) is 23.7 Å². The van der Waals surface area contributed by atoms with Crippen molar-refractivity contribution in [3.05, 3.63) is 33.8 Å². The Morgan fingerprint density at radius 2 is 1.85 bits per heavy atom. The zero-order chi connectivity index (χ0) is 15.4. The molecule has 0 amide bonds. The summed E-state index contributed by atoms with van der Waals surface area (Å²) in [6.07, 6.45) is 0. The Morgan fingerprint density at radius 3 is 2.30 bits per heavy atom. The fraction of sp³-hybridized carbons (Fsp3) is 0.500. The van der Waals surface area contributed by atoms with Crippen molar-refractivity contribution in [2.75, 3.05) is 20.3 Å². The predicted octanol–water partition coefficient (Wildman–Crippen LogP) is 1.81. The number of rotatable bonds is 7. The van der Waals surface area contributed by atoms with Crippen LogP contribution in [0, 0.1) is 0 Å². The van der Waals surface area contributed by atoms with Crippen LogP contribution in [0.1, 0.15) is 12.5 Å². The molecule has 0 aliphatic carbocycles. The number of hydrogen-bond donors (Lipinski definition) is 2. The lowest BCUT2D eigenvalue weighted by atomic mass is 10.1. The van der Waals surface area contributed by atoms with Crippen LogP contribution in [0.15, 0.2) is 18.2 Å². The Balaban J connectivity index is 2.75. The highest BCUT2D eigenvalue weighted by Gasteiger charge is 2.25. The summed E-state index contributed by atoms with van der Waals surface area (Å²) >= 11 is 11.6. The van der Waals surface area contributed by atoms with Gasteiger partial charge < -0.3 is 9.84 Å². The largest absolute Gasteiger partial charge is 0.393 e. The molecule has 20 heavy (non-hydrogen) atoms. The van der Waals surface area contributed by atoms with Crippen LogP contribution >= 0.6 is 23.2 Å². The number of methoxy groups -OCH3 is 1. The van der Waals surface area contributed by atoms with E-state index in [2.05, 4.69) is 4.72 Å². The number of benzene rings is 1. The Kier molecular flexibility index (Phi) is 6.25. The van der Waals surface area contributed by atoms with Gasteiger partial charge in [-0.15, -0.1) is 0 Å². The molecule has 1 aromatic carbocycles. The van der Waals surface area contributed by atoms with Gasteiger partial charge in [-0.3, -0.25) is 0 Å². The minimum absolute atomic E-state index is 0.0311. The predicted molar refractivity (Wildman–Crippen MR) is 79.6 cm³/mol. The third kappa shape index (κ3) is 5.55. The van der Waals surface area contributed by atoms with Gasteiger partial charge >= 0.3 is 0 Å². The van der Waals surface area contributed by atoms with Crippen molar-refractivity contribution in [2.45, 2.75) is 18.3 Å². The topological polar surface area (TPSA) is 75.6 Å². The van der Waals surface area contributed by atoms with Crippen LogP contribution in [-0.2, 0) is 20.5 Å². The highest BCUT2D eigenvalue weighted by atomic mass is 35.5. The Hall–Kier alpha value is -0.370. The van der Waals surface area contributed by atoms with Crippen LogP contribution in [0.25, 0.3) is 0 Å². The molecule has 8 heteroatoms. The van der Waals surface area contributed by atoms with Gasteiger partial charge in [0.2, 0.25) is 10.0 Å². The molecule has 0 saturated heterocycles. The maximum absolute atomic E-state index is 12.0. The lowest BCUT2D eigenvalue weighted by Gasteiger charge is -2.25. The van der Waals surface area contributed by atoms with Crippen molar-refractivity contribution < 1.29 is 18.3 Å². The number of hydrogen-bond acceptors (Lipinski definition) is 4. The highest BCUT2D eigenvalue weighted by molar-refractivity contribution is 7.88. The Morgan fingerprint density at radius 1 is 1.30 bits per heavy atom. The Labute approximate surface area is 128 Å². The maximum atomic E-state index is 12.0. The van der Waals surface area contributed by atoms with Crippen molar-refractivity contribution in [1.29, 1.82) is 0 Å². The molecule has 1 atom stereocenters. The van der Waals surface area contributed by atoms with Crippen LogP contribution in [0.2, 0.25) is 10.0 Å². The number of halogens is 2. The number of nitrogens with one attached hydrogen (secondary N) is 1. The molecule has 0 radical (unpaired) electrons. The summed E-state index contributed by atoms with van der Waals surface area (Å²) in [7, 11) is -2.18. The first-order valence-electron chi connectivity index (χ1n) is 5.78. The minimum atomic E-state index is -3.58. The van der Waals surface area contributed by atoms with E-state index in [9.17, 15) is 8.42 Å². The molecule has 5 nitrogen and oxygen atoms in total. The van der Waals surface area contributed by atoms with Crippen molar-refractivity contribution >= 4 is 33.2 Å². The van der Waals surface area contributed by atoms with E-state index in [1.54, 1.807) is 6.92 Å². The fourth-order valence-electron chi connectivity index (χ4n) is 1.42. The average molecular weight is 342 g/mol. The average Bonchev–Trinajstić information content (AvgIpc) is 2.34. The SMILES string of the molecule is COC(C)(CO)CNS(=O)(=O)Cc1cc(Cl)cc(Cl)c1. The second-order valence-electron chi connectivity index (χ2n) is 4.67. The van der Waals surface area contributed by atoms with Crippen molar-refractivity contribution in [3.63, 3.8) is 0 Å². The summed E-state index contributed by atoms with van der Waals surface area (Å²) in [5, 5.41) is 9.90. The monoisotopic (exact) mass is 341 g/mol. The highest BCUT2D eigenvalue weighted by Crippen LogP contribution is 2.20. The third-order valence-corrected chi connectivity index (χ3v) is 4.51. The van der Waals surface area contributed by atoms with Crippen LogP contribution in [-0.4, -0.2) is 39.4 Å². The van der Waals surface area contributed by atoms with Gasteiger partial charge in [-0.2, -0.15) is 0 Å². The first kappa shape index (κ1) is 17.7. The summed E-state index contributed by atoms with van der Waals surface area (Å²) in [6.45, 7) is 1.28. The van der Waals surface area contributed by atoms with Gasteiger partial charge in [0.15, 0.2) is 0 Å². The summed E-state index contributed by atoms with van der Waals surface area (Å²) < 4.78 is 31.4. The molecule has 0 fully saturated rings. The number of sulfonamides is 1. The first-order chi connectivity index (χ1) is 9.19. The molecule has 0 aliphatic heterocycles. The van der Waals surface area contributed by atoms with E-state index < -0.39 is 15.6 Å². The first-order valence-corrected chi connectivity index (χ1v) is 8.19. The number of aliphatic hydroxyl groups is 1. The van der Waals surface area contributed by atoms with Crippen LogP contribution in [0.5, 0.6) is 0 Å². The quantitative estimate of drug-likeness (QED) is 0.792. The lowest BCUT2D eigenvalue weighted by molar-refractivity contribution is -0.0325. The molecule has 1 unspecified atom stereocenters. The van der Waals surface area contributed by atoms with E-state index in [0.29, 0.717) is 15.6 Å². The second-order valence-corrected chi connectivity index (χ2v) is 7.35. The summed E-state index contributed by atoms with van der Waals surface area (Å²) in [5.74, 6) is -0.251. The van der Waals surface area contributed by atoms with Crippen LogP contribution < -0.4 is 4.72 Å². The smallest absolute Gasteiger partial charge is 0.215 e. The summed E-state index contributed by atoms with van der Waals surface area (Å²) in [4.78, 5) is 0. The van der Waals surface area contributed by atoms with Crippen LogP contribution in [0.4, 0.5) is 0 Å². The van der Waals surface area contributed by atoms with E-state index in [1.165, 1.54) is 25.3 Å². The van der Waals surface area contributed by atoms with E-state index >= 15 is 0 Å². The molecule has 0 spiro atoms. The molecule has 2 N–H and O–H groups in total. The maximum Gasteiger partial charge on any atom is 0.215 e. The number of ether oxygens (including phenoxy) is 1. The summed E-state index contributed by atoms with van der Waals surface area (Å²) in [5.41, 5.74) is -0.475. The van der Waals surface area contributed by atoms with E-state index in [4.69, 9.17) is 33.0 Å². The lowest BCUT2D eigenvalue weighted by Crippen LogP contribution is -2.45. The molecule has 1 rings (SSSR count). The van der Waals surface area contributed by atoms with Gasteiger partial charge in [0.1, 0.15) is 5.60 Å². The molecule has 0 bridgehead atoms. The molecule has 0 aliphatic rings. The van der Waals surface area contributed by atoms with E-state index in [1.807, 2.05) is 0 Å². The van der Waals surface area contributed by atoms with Crippen molar-refractivity contribution in [2.24, 2.45) is 0 Å². The van der Waals surface area contributed by atoms with Gasteiger partial charge in [0.05, 0.1) is 12.4 Å². The molecule has 0 saturated carbocycles. The molecule has 0 heterocycles. The van der Waals surface area contributed by atoms with E-state index in [0.717, 1.165) is 0 Å². The number of aliphatic hydroxyl groups excluding tert-OH is 1. The molecule has 1 aromatic rings. The van der Waals surface area contributed by atoms with Crippen molar-refractivity contribution in [1.82, 2.24) is 4.72 Å². The standard InChI is InChI=1S/C12H17Cl2NO4S/c1-12(8-16,19-2)7-15-20(17,18)6-9-3-10(13)5-11(14)4-9/h3-5,15-16H,6-8H2,1-2H3. The van der Waals surface area contributed by atoms with E-state index in [-0.39, 0.29) is 18.9 Å². The van der Waals surface area contributed by atoms with Gasteiger partial charge in [-0.1, -0.05) is 23.2 Å². The second kappa shape index (κ2) is 7.06. The zero-order valence-corrected chi connectivity index (χ0v) is 13.5. The van der Waals surface area contributed by atoms with Gasteiger partial charge in [-0.25, -0.2) is 13.1 Å².